The quantitative estimate of drug-likeness (QED) is 0.743. The van der Waals surface area contributed by atoms with E-state index in [1.165, 1.54) is 0 Å². The molecule has 0 saturated heterocycles. The molecule has 0 saturated carbocycles. The normalized spacial score (nSPS) is 10.9. The van der Waals surface area contributed by atoms with Crippen LogP contribution >= 0.6 is 27.5 Å². The highest BCUT2D eigenvalue weighted by molar-refractivity contribution is 9.10. The van der Waals surface area contributed by atoms with Gasteiger partial charge in [-0.15, -0.1) is 0 Å². The number of hydrogen-bond donors (Lipinski definition) is 1. The minimum atomic E-state index is 0.674. The molecule has 0 bridgehead atoms. The summed E-state index contributed by atoms with van der Waals surface area (Å²) in [6.07, 6.45) is 2.02. The maximum atomic E-state index is 6.19. The lowest BCUT2D eigenvalue weighted by molar-refractivity contribution is 0.986. The Bertz CT molecular complexity index is 767. The number of hydrogen-bond acceptors (Lipinski definition) is 2. The van der Waals surface area contributed by atoms with Crippen molar-refractivity contribution in [3.05, 3.63) is 63.5 Å². The van der Waals surface area contributed by atoms with Gasteiger partial charge in [0.1, 0.15) is 5.65 Å². The molecular formula is C15H13BrClN3. The van der Waals surface area contributed by atoms with E-state index in [9.17, 15) is 0 Å². The fourth-order valence-corrected chi connectivity index (χ4v) is 2.73. The zero-order chi connectivity index (χ0) is 14.1. The van der Waals surface area contributed by atoms with Crippen LogP contribution in [0.25, 0.3) is 5.65 Å². The summed E-state index contributed by atoms with van der Waals surface area (Å²) in [4.78, 5) is 4.55. The van der Waals surface area contributed by atoms with Crippen molar-refractivity contribution in [2.45, 2.75) is 13.5 Å². The molecule has 0 amide bonds. The van der Waals surface area contributed by atoms with Crippen molar-refractivity contribution in [2.24, 2.45) is 0 Å². The van der Waals surface area contributed by atoms with Gasteiger partial charge in [0.2, 0.25) is 0 Å². The molecule has 1 aromatic carbocycles. The Morgan fingerprint density at radius 2 is 2.15 bits per heavy atom. The molecule has 3 aromatic rings. The van der Waals surface area contributed by atoms with Crippen LogP contribution in [-0.4, -0.2) is 9.38 Å². The van der Waals surface area contributed by atoms with E-state index in [4.69, 9.17) is 11.6 Å². The van der Waals surface area contributed by atoms with Crippen molar-refractivity contribution in [3.8, 4) is 0 Å². The molecule has 20 heavy (non-hydrogen) atoms. The summed E-state index contributed by atoms with van der Waals surface area (Å²) < 4.78 is 3.09. The first-order valence-electron chi connectivity index (χ1n) is 6.26. The van der Waals surface area contributed by atoms with Crippen LogP contribution in [0.2, 0.25) is 5.02 Å². The molecule has 0 unspecified atom stereocenters. The third-order valence-electron chi connectivity index (χ3n) is 3.20. The summed E-state index contributed by atoms with van der Waals surface area (Å²) in [7, 11) is 0. The van der Waals surface area contributed by atoms with Gasteiger partial charge in [-0.25, -0.2) is 4.98 Å². The first-order valence-corrected chi connectivity index (χ1v) is 7.44. The minimum absolute atomic E-state index is 0.674. The van der Waals surface area contributed by atoms with Gasteiger partial charge >= 0.3 is 0 Å². The lowest BCUT2D eigenvalue weighted by Gasteiger charge is -2.09. The number of fused-ring (bicyclic) bond motifs is 1. The molecule has 3 nitrogen and oxygen atoms in total. The number of nitrogens with zero attached hydrogens (tertiary/aromatic N) is 2. The highest BCUT2D eigenvalue weighted by atomic mass is 79.9. The summed E-state index contributed by atoms with van der Waals surface area (Å²) in [6.45, 7) is 2.69. The second-order valence-electron chi connectivity index (χ2n) is 4.55. The Labute approximate surface area is 130 Å². The lowest BCUT2D eigenvalue weighted by atomic mass is 10.3. The number of imidazole rings is 1. The molecule has 0 atom stereocenters. The Kier molecular flexibility index (Phi) is 3.68. The van der Waals surface area contributed by atoms with Gasteiger partial charge in [-0.05, 0) is 37.3 Å². The van der Waals surface area contributed by atoms with Crippen LogP contribution in [0.4, 0.5) is 5.69 Å². The average molecular weight is 351 g/mol. The van der Waals surface area contributed by atoms with E-state index in [1.54, 1.807) is 0 Å². The third kappa shape index (κ3) is 2.53. The summed E-state index contributed by atoms with van der Waals surface area (Å²) in [5.41, 5.74) is 4.03. The van der Waals surface area contributed by atoms with Gasteiger partial charge in [0.05, 0.1) is 28.6 Å². The molecule has 2 aromatic heterocycles. The van der Waals surface area contributed by atoms with Crippen LogP contribution in [0.5, 0.6) is 0 Å². The fourth-order valence-electron chi connectivity index (χ4n) is 2.19. The number of halogens is 2. The molecule has 0 fully saturated rings. The van der Waals surface area contributed by atoms with Gasteiger partial charge in [0, 0.05) is 10.7 Å². The maximum Gasteiger partial charge on any atom is 0.137 e. The van der Waals surface area contributed by atoms with Gasteiger partial charge in [0.25, 0.3) is 0 Å². The van der Waals surface area contributed by atoms with E-state index in [1.807, 2.05) is 49.5 Å². The lowest BCUT2D eigenvalue weighted by Crippen LogP contribution is -2.04. The van der Waals surface area contributed by atoms with Crippen molar-refractivity contribution in [2.75, 3.05) is 5.32 Å². The van der Waals surface area contributed by atoms with E-state index in [0.29, 0.717) is 11.6 Å². The molecule has 5 heteroatoms. The van der Waals surface area contributed by atoms with Crippen LogP contribution in [0, 0.1) is 6.92 Å². The number of nitrogens with one attached hydrogen (secondary N) is 1. The van der Waals surface area contributed by atoms with Gasteiger partial charge < -0.3 is 9.72 Å². The first kappa shape index (κ1) is 13.5. The molecule has 3 rings (SSSR count). The summed E-state index contributed by atoms with van der Waals surface area (Å²) in [5, 5.41) is 4.07. The standard InChI is InChI=1S/C15H13BrClN3/c1-10-14(20-7-3-2-4-15(20)19-10)9-18-13-8-11(16)5-6-12(13)17/h2-8,18H,9H2,1H3. The maximum absolute atomic E-state index is 6.19. The Balaban J connectivity index is 1.90. The third-order valence-corrected chi connectivity index (χ3v) is 4.03. The molecular weight excluding hydrogens is 338 g/mol. The Morgan fingerprint density at radius 3 is 3.00 bits per heavy atom. The highest BCUT2D eigenvalue weighted by Crippen LogP contribution is 2.26. The van der Waals surface area contributed by atoms with Crippen molar-refractivity contribution < 1.29 is 0 Å². The molecule has 0 radical (unpaired) electrons. The molecule has 0 aliphatic carbocycles. The number of aryl methyl sites for hydroxylation is 1. The van der Waals surface area contributed by atoms with Crippen molar-refractivity contribution in [3.63, 3.8) is 0 Å². The number of benzene rings is 1. The molecule has 0 spiro atoms. The molecule has 0 aliphatic heterocycles. The van der Waals surface area contributed by atoms with Crippen molar-refractivity contribution in [1.29, 1.82) is 0 Å². The van der Waals surface area contributed by atoms with E-state index >= 15 is 0 Å². The van der Waals surface area contributed by atoms with E-state index < -0.39 is 0 Å². The predicted molar refractivity (Wildman–Crippen MR) is 86.4 cm³/mol. The summed E-state index contributed by atoms with van der Waals surface area (Å²) in [6, 6.07) is 11.8. The Morgan fingerprint density at radius 1 is 1.30 bits per heavy atom. The topological polar surface area (TPSA) is 29.3 Å². The zero-order valence-electron chi connectivity index (χ0n) is 10.9. The van der Waals surface area contributed by atoms with Gasteiger partial charge in [-0.2, -0.15) is 0 Å². The van der Waals surface area contributed by atoms with Crippen molar-refractivity contribution >= 4 is 38.9 Å². The second kappa shape index (κ2) is 5.46. The van der Waals surface area contributed by atoms with E-state index in [2.05, 4.69) is 30.6 Å². The van der Waals surface area contributed by atoms with Crippen molar-refractivity contribution in [1.82, 2.24) is 9.38 Å². The number of pyridine rings is 1. The van der Waals surface area contributed by atoms with Gasteiger partial charge in [-0.3, -0.25) is 0 Å². The van der Waals surface area contributed by atoms with E-state index in [0.717, 1.165) is 27.2 Å². The molecule has 2 heterocycles. The van der Waals surface area contributed by atoms with Crippen LogP contribution in [0.3, 0.4) is 0 Å². The average Bonchev–Trinajstić information content (AvgIpc) is 2.75. The number of aromatic nitrogens is 2. The highest BCUT2D eigenvalue weighted by Gasteiger charge is 2.08. The summed E-state index contributed by atoms with van der Waals surface area (Å²) >= 11 is 9.64. The number of anilines is 1. The zero-order valence-corrected chi connectivity index (χ0v) is 13.2. The van der Waals surface area contributed by atoms with E-state index in [-0.39, 0.29) is 0 Å². The van der Waals surface area contributed by atoms with Crippen LogP contribution in [-0.2, 0) is 6.54 Å². The van der Waals surface area contributed by atoms with Gasteiger partial charge in [0.15, 0.2) is 0 Å². The fraction of sp³-hybridized carbons (Fsp3) is 0.133. The largest absolute Gasteiger partial charge is 0.378 e. The SMILES string of the molecule is Cc1nc2ccccn2c1CNc1cc(Br)ccc1Cl. The minimum Gasteiger partial charge on any atom is -0.378 e. The van der Waals surface area contributed by atoms with Crippen LogP contribution in [0.15, 0.2) is 47.1 Å². The number of rotatable bonds is 3. The smallest absolute Gasteiger partial charge is 0.137 e. The molecule has 0 aliphatic rings. The van der Waals surface area contributed by atoms with Crippen LogP contribution in [0.1, 0.15) is 11.4 Å². The van der Waals surface area contributed by atoms with Crippen LogP contribution < -0.4 is 5.32 Å². The first-order chi connectivity index (χ1) is 9.65. The predicted octanol–water partition coefficient (Wildman–Crippen LogP) is 4.67. The molecule has 102 valence electrons. The monoisotopic (exact) mass is 349 g/mol. The van der Waals surface area contributed by atoms with Gasteiger partial charge in [-0.1, -0.05) is 33.6 Å². The Hall–Kier alpha value is -1.52. The molecule has 1 N–H and O–H groups in total. The summed E-state index contributed by atoms with van der Waals surface area (Å²) in [5.74, 6) is 0. The second-order valence-corrected chi connectivity index (χ2v) is 5.87.